The van der Waals surface area contributed by atoms with E-state index < -0.39 is 0 Å². The van der Waals surface area contributed by atoms with Crippen molar-refractivity contribution in [1.29, 1.82) is 0 Å². The number of anilines is 1. The molecule has 1 aromatic heterocycles. The molecule has 0 radical (unpaired) electrons. The molecule has 0 spiro atoms. The van der Waals surface area contributed by atoms with Gasteiger partial charge in [-0.25, -0.2) is 4.98 Å². The molecule has 4 heteroatoms. The summed E-state index contributed by atoms with van der Waals surface area (Å²) in [4.78, 5) is 4.52. The van der Waals surface area contributed by atoms with Gasteiger partial charge in [0.25, 0.3) is 0 Å². The number of hydrogen-bond acceptors (Lipinski definition) is 4. The number of aromatic nitrogens is 1. The number of hydrogen-bond donors (Lipinski definition) is 1. The minimum atomic E-state index is 0.841. The number of thiazole rings is 1. The zero-order valence-corrected chi connectivity index (χ0v) is 11.5. The Hall–Kier alpha value is -1.68. The van der Waals surface area contributed by atoms with Crippen LogP contribution < -0.4 is 5.43 Å². The van der Waals surface area contributed by atoms with E-state index in [-0.39, 0.29) is 0 Å². The van der Waals surface area contributed by atoms with E-state index in [0.717, 1.165) is 34.9 Å². The summed E-state index contributed by atoms with van der Waals surface area (Å²) >= 11 is 1.58. The Morgan fingerprint density at radius 2 is 1.94 bits per heavy atom. The summed E-state index contributed by atoms with van der Waals surface area (Å²) in [5.74, 6) is 0. The highest BCUT2D eigenvalue weighted by Gasteiger charge is 2.03. The van der Waals surface area contributed by atoms with Crippen LogP contribution in [0, 0.1) is 0 Å². The van der Waals surface area contributed by atoms with E-state index in [2.05, 4.69) is 41.5 Å². The van der Waals surface area contributed by atoms with E-state index in [0.29, 0.717) is 0 Å². The molecule has 0 amide bonds. The molecule has 0 unspecified atom stereocenters. The molecule has 0 saturated heterocycles. The summed E-state index contributed by atoms with van der Waals surface area (Å²) in [6.07, 6.45) is 1.95. The predicted molar refractivity (Wildman–Crippen MR) is 79.2 cm³/mol. The molecular formula is C14H17N3S. The fourth-order valence-corrected chi connectivity index (χ4v) is 2.26. The lowest BCUT2D eigenvalue weighted by molar-refractivity contribution is 1.12. The van der Waals surface area contributed by atoms with Crippen molar-refractivity contribution in [3.05, 3.63) is 35.7 Å². The van der Waals surface area contributed by atoms with Crippen molar-refractivity contribution in [2.24, 2.45) is 5.10 Å². The second-order valence-corrected chi connectivity index (χ2v) is 4.76. The number of hydrazone groups is 1. The standard InChI is InChI=1S/C14H17N3S/c1-3-12(4-2)16-17-14-15-13(10-18-14)11-8-6-5-7-9-11/h5-10H,3-4H2,1-2H3,(H,15,17). The smallest absolute Gasteiger partial charge is 0.203 e. The van der Waals surface area contributed by atoms with Gasteiger partial charge in [0.05, 0.1) is 5.69 Å². The van der Waals surface area contributed by atoms with E-state index >= 15 is 0 Å². The summed E-state index contributed by atoms with van der Waals surface area (Å²) in [6.45, 7) is 4.22. The summed E-state index contributed by atoms with van der Waals surface area (Å²) < 4.78 is 0. The first-order valence-electron chi connectivity index (χ1n) is 6.15. The van der Waals surface area contributed by atoms with Crippen molar-refractivity contribution in [3.63, 3.8) is 0 Å². The molecule has 1 N–H and O–H groups in total. The van der Waals surface area contributed by atoms with Gasteiger partial charge in [0.2, 0.25) is 5.13 Å². The minimum Gasteiger partial charge on any atom is -0.253 e. The van der Waals surface area contributed by atoms with E-state index in [9.17, 15) is 0 Å². The van der Waals surface area contributed by atoms with Crippen LogP contribution in [0.3, 0.4) is 0 Å². The van der Waals surface area contributed by atoms with E-state index in [1.165, 1.54) is 0 Å². The topological polar surface area (TPSA) is 37.3 Å². The third-order valence-electron chi connectivity index (χ3n) is 2.70. The Bertz CT molecular complexity index is 511. The highest BCUT2D eigenvalue weighted by molar-refractivity contribution is 7.14. The van der Waals surface area contributed by atoms with Crippen molar-refractivity contribution in [2.75, 3.05) is 5.43 Å². The van der Waals surface area contributed by atoms with Gasteiger partial charge in [-0.3, -0.25) is 5.43 Å². The monoisotopic (exact) mass is 259 g/mol. The largest absolute Gasteiger partial charge is 0.253 e. The first-order chi connectivity index (χ1) is 8.83. The molecule has 1 aromatic carbocycles. The predicted octanol–water partition coefficient (Wildman–Crippen LogP) is 4.40. The van der Waals surface area contributed by atoms with E-state index in [4.69, 9.17) is 0 Å². The van der Waals surface area contributed by atoms with Gasteiger partial charge in [0, 0.05) is 16.7 Å². The Morgan fingerprint density at radius 3 is 2.61 bits per heavy atom. The van der Waals surface area contributed by atoms with Crippen LogP contribution in [0.1, 0.15) is 26.7 Å². The fourth-order valence-electron chi connectivity index (χ4n) is 1.60. The fraction of sp³-hybridized carbons (Fsp3) is 0.286. The highest BCUT2D eigenvalue weighted by atomic mass is 32.1. The molecule has 0 fully saturated rings. The Balaban J connectivity index is 2.10. The normalized spacial score (nSPS) is 10.1. The average molecular weight is 259 g/mol. The Morgan fingerprint density at radius 1 is 1.22 bits per heavy atom. The van der Waals surface area contributed by atoms with Crippen molar-refractivity contribution in [2.45, 2.75) is 26.7 Å². The molecule has 2 rings (SSSR count). The summed E-state index contributed by atoms with van der Waals surface area (Å²) in [7, 11) is 0. The number of nitrogens with zero attached hydrogens (tertiary/aromatic N) is 2. The van der Waals surface area contributed by atoms with Crippen LogP contribution >= 0.6 is 11.3 Å². The van der Waals surface area contributed by atoms with Crippen molar-refractivity contribution < 1.29 is 0 Å². The quantitative estimate of drug-likeness (QED) is 0.638. The SMILES string of the molecule is CCC(CC)=NNc1nc(-c2ccccc2)cs1. The van der Waals surface area contributed by atoms with Crippen LogP contribution in [-0.4, -0.2) is 10.7 Å². The van der Waals surface area contributed by atoms with Gasteiger partial charge in [-0.05, 0) is 12.8 Å². The maximum Gasteiger partial charge on any atom is 0.203 e. The van der Waals surface area contributed by atoms with Crippen LogP contribution in [0.4, 0.5) is 5.13 Å². The van der Waals surface area contributed by atoms with Gasteiger partial charge in [-0.1, -0.05) is 44.2 Å². The lowest BCUT2D eigenvalue weighted by Crippen LogP contribution is -1.98. The Labute approximate surface area is 112 Å². The van der Waals surface area contributed by atoms with Crippen molar-refractivity contribution >= 4 is 22.2 Å². The van der Waals surface area contributed by atoms with E-state index in [1.54, 1.807) is 11.3 Å². The highest BCUT2D eigenvalue weighted by Crippen LogP contribution is 2.24. The molecular weight excluding hydrogens is 242 g/mol. The third-order valence-corrected chi connectivity index (χ3v) is 3.45. The third kappa shape index (κ3) is 3.17. The second-order valence-electron chi connectivity index (χ2n) is 3.90. The molecule has 94 valence electrons. The average Bonchev–Trinajstić information content (AvgIpc) is 2.90. The molecule has 2 aromatic rings. The molecule has 3 nitrogen and oxygen atoms in total. The maximum absolute atomic E-state index is 4.52. The minimum absolute atomic E-state index is 0.841. The Kier molecular flexibility index (Phi) is 4.47. The second kappa shape index (κ2) is 6.31. The van der Waals surface area contributed by atoms with Gasteiger partial charge >= 0.3 is 0 Å². The molecule has 0 atom stereocenters. The van der Waals surface area contributed by atoms with Crippen LogP contribution in [0.2, 0.25) is 0 Å². The van der Waals surface area contributed by atoms with Gasteiger partial charge < -0.3 is 0 Å². The van der Waals surface area contributed by atoms with Gasteiger partial charge in [0.15, 0.2) is 0 Å². The van der Waals surface area contributed by atoms with Gasteiger partial charge in [-0.15, -0.1) is 11.3 Å². The molecule has 1 heterocycles. The number of nitrogens with one attached hydrogen (secondary N) is 1. The molecule has 0 bridgehead atoms. The molecule has 0 aliphatic heterocycles. The summed E-state index contributed by atoms with van der Waals surface area (Å²) in [5, 5.41) is 7.24. The zero-order valence-electron chi connectivity index (χ0n) is 10.7. The van der Waals surface area contributed by atoms with Crippen LogP contribution in [0.5, 0.6) is 0 Å². The maximum atomic E-state index is 4.52. The van der Waals surface area contributed by atoms with Gasteiger partial charge in [-0.2, -0.15) is 5.10 Å². The van der Waals surface area contributed by atoms with Crippen molar-refractivity contribution in [3.8, 4) is 11.3 Å². The van der Waals surface area contributed by atoms with Crippen LogP contribution in [0.25, 0.3) is 11.3 Å². The van der Waals surface area contributed by atoms with Crippen molar-refractivity contribution in [1.82, 2.24) is 4.98 Å². The lowest BCUT2D eigenvalue weighted by Gasteiger charge is -1.99. The molecule has 0 saturated carbocycles. The zero-order chi connectivity index (χ0) is 12.8. The number of rotatable bonds is 5. The first-order valence-corrected chi connectivity index (χ1v) is 7.03. The first kappa shape index (κ1) is 12.8. The summed E-state index contributed by atoms with van der Waals surface area (Å²) in [6, 6.07) is 10.2. The number of benzene rings is 1. The lowest BCUT2D eigenvalue weighted by atomic mass is 10.2. The summed E-state index contributed by atoms with van der Waals surface area (Å²) in [5.41, 5.74) is 6.32. The van der Waals surface area contributed by atoms with E-state index in [1.807, 2.05) is 23.6 Å². The van der Waals surface area contributed by atoms with Gasteiger partial charge in [0.1, 0.15) is 0 Å². The molecule has 0 aliphatic carbocycles. The molecule has 18 heavy (non-hydrogen) atoms. The van der Waals surface area contributed by atoms with Crippen LogP contribution in [0.15, 0.2) is 40.8 Å². The van der Waals surface area contributed by atoms with Crippen LogP contribution in [-0.2, 0) is 0 Å². The molecule has 0 aliphatic rings.